The fourth-order valence-corrected chi connectivity index (χ4v) is 1.30. The van der Waals surface area contributed by atoms with Crippen molar-refractivity contribution in [2.24, 2.45) is 10.7 Å². The first kappa shape index (κ1) is 8.62. The van der Waals surface area contributed by atoms with Crippen molar-refractivity contribution in [2.75, 3.05) is 0 Å². The van der Waals surface area contributed by atoms with Gasteiger partial charge in [-0.1, -0.05) is 0 Å². The van der Waals surface area contributed by atoms with Gasteiger partial charge in [-0.25, -0.2) is 0 Å². The van der Waals surface area contributed by atoms with Crippen molar-refractivity contribution in [3.63, 3.8) is 0 Å². The second-order valence-corrected chi connectivity index (χ2v) is 3.01. The van der Waals surface area contributed by atoms with E-state index in [-0.39, 0.29) is 0 Å². The van der Waals surface area contributed by atoms with E-state index in [1.54, 1.807) is 12.4 Å². The number of pyridine rings is 1. The number of hydrogen-bond acceptors (Lipinski definition) is 3. The van der Waals surface area contributed by atoms with Gasteiger partial charge >= 0.3 is 0 Å². The number of carbonyl (C=O) groups excluding carboxylic acids is 1. The Hall–Kier alpha value is -1.97. The minimum atomic E-state index is -0.405. The van der Waals surface area contributed by atoms with Crippen molar-refractivity contribution in [2.45, 2.75) is 6.42 Å². The third kappa shape index (κ3) is 1.54. The zero-order valence-corrected chi connectivity index (χ0v) is 7.47. The third-order valence-electron chi connectivity index (χ3n) is 2.06. The van der Waals surface area contributed by atoms with Crippen molar-refractivity contribution in [1.82, 2.24) is 4.98 Å². The lowest BCUT2D eigenvalue weighted by molar-refractivity contribution is -0.114. The van der Waals surface area contributed by atoms with Crippen LogP contribution in [0.25, 0.3) is 0 Å². The maximum absolute atomic E-state index is 10.8. The van der Waals surface area contributed by atoms with E-state index in [0.717, 1.165) is 11.3 Å². The summed E-state index contributed by atoms with van der Waals surface area (Å²) < 4.78 is 0. The normalized spacial score (nSPS) is 14.9. The second-order valence-electron chi connectivity index (χ2n) is 3.01. The molecule has 0 fully saturated rings. The Kier molecular flexibility index (Phi) is 2.10. The van der Waals surface area contributed by atoms with Crippen LogP contribution >= 0.6 is 0 Å². The van der Waals surface area contributed by atoms with E-state index in [2.05, 4.69) is 9.98 Å². The fraction of sp³-hybridized carbons (Fsp3) is 0.100. The molecule has 0 saturated heterocycles. The van der Waals surface area contributed by atoms with Gasteiger partial charge in [0.05, 0.1) is 5.71 Å². The molecular weight excluding hydrogens is 178 g/mol. The molecule has 0 aromatic carbocycles. The maximum atomic E-state index is 10.8. The third-order valence-corrected chi connectivity index (χ3v) is 2.06. The highest BCUT2D eigenvalue weighted by atomic mass is 16.1. The minimum absolute atomic E-state index is 0.405. The number of nitrogens with zero attached hydrogens (tertiary/aromatic N) is 2. The van der Waals surface area contributed by atoms with Crippen LogP contribution in [0.2, 0.25) is 0 Å². The molecule has 2 N–H and O–H groups in total. The van der Waals surface area contributed by atoms with Crippen LogP contribution in [-0.4, -0.2) is 16.6 Å². The van der Waals surface area contributed by atoms with Gasteiger partial charge in [0.1, 0.15) is 0 Å². The molecule has 1 aromatic rings. The smallest absolute Gasteiger partial charge is 0.246 e. The summed E-state index contributed by atoms with van der Waals surface area (Å²) in [6, 6.07) is 3.72. The van der Waals surface area contributed by atoms with Gasteiger partial charge in [-0.2, -0.15) is 0 Å². The van der Waals surface area contributed by atoms with Crippen molar-refractivity contribution in [3.05, 3.63) is 41.9 Å². The van der Waals surface area contributed by atoms with Crippen molar-refractivity contribution >= 4 is 11.6 Å². The van der Waals surface area contributed by atoms with Gasteiger partial charge in [0.15, 0.2) is 0 Å². The Morgan fingerprint density at radius 2 is 2.07 bits per heavy atom. The van der Waals surface area contributed by atoms with Gasteiger partial charge in [-0.05, 0) is 17.7 Å². The summed E-state index contributed by atoms with van der Waals surface area (Å²) in [6.45, 7) is 0. The number of aromatic nitrogens is 1. The monoisotopic (exact) mass is 187 g/mol. The first-order valence-corrected chi connectivity index (χ1v) is 4.23. The highest BCUT2D eigenvalue weighted by Crippen LogP contribution is 2.16. The molecule has 1 aliphatic heterocycles. The van der Waals surface area contributed by atoms with E-state index < -0.39 is 5.91 Å². The van der Waals surface area contributed by atoms with Gasteiger partial charge in [-0.3, -0.25) is 14.8 Å². The van der Waals surface area contributed by atoms with Crippen molar-refractivity contribution in [3.8, 4) is 0 Å². The Bertz CT molecular complexity index is 420. The summed E-state index contributed by atoms with van der Waals surface area (Å²) >= 11 is 0. The van der Waals surface area contributed by atoms with E-state index in [9.17, 15) is 4.79 Å². The van der Waals surface area contributed by atoms with Crippen LogP contribution in [0.4, 0.5) is 0 Å². The van der Waals surface area contributed by atoms with E-state index in [0.29, 0.717) is 12.0 Å². The Labute approximate surface area is 81.2 Å². The highest BCUT2D eigenvalue weighted by molar-refractivity contribution is 6.09. The predicted molar refractivity (Wildman–Crippen MR) is 52.7 cm³/mol. The number of carbonyl (C=O) groups is 1. The second kappa shape index (κ2) is 3.41. The lowest BCUT2D eigenvalue weighted by Gasteiger charge is -1.99. The zero-order valence-electron chi connectivity index (χ0n) is 7.47. The average molecular weight is 187 g/mol. The van der Waals surface area contributed by atoms with Gasteiger partial charge in [0, 0.05) is 30.6 Å². The molecule has 14 heavy (non-hydrogen) atoms. The van der Waals surface area contributed by atoms with Crippen LogP contribution in [0, 0.1) is 0 Å². The van der Waals surface area contributed by atoms with Crippen LogP contribution in [0.5, 0.6) is 0 Å². The number of hydrogen-bond donors (Lipinski definition) is 1. The summed E-state index contributed by atoms with van der Waals surface area (Å²) in [7, 11) is 0. The van der Waals surface area contributed by atoms with E-state index in [1.807, 2.05) is 12.1 Å². The molecule has 0 aliphatic carbocycles. The predicted octanol–water partition coefficient (Wildman–Crippen LogP) is 0.644. The minimum Gasteiger partial charge on any atom is -0.366 e. The van der Waals surface area contributed by atoms with Gasteiger partial charge in [0.2, 0.25) is 5.91 Å². The molecule has 2 rings (SSSR count). The average Bonchev–Trinajstić information content (AvgIpc) is 2.68. The van der Waals surface area contributed by atoms with Crippen molar-refractivity contribution in [1.29, 1.82) is 0 Å². The topological polar surface area (TPSA) is 68.3 Å². The Balaban J connectivity index is 2.17. The zero-order chi connectivity index (χ0) is 9.97. The first-order valence-electron chi connectivity index (χ1n) is 4.23. The molecule has 1 amide bonds. The highest BCUT2D eigenvalue weighted by Gasteiger charge is 2.15. The molecule has 0 radical (unpaired) electrons. The van der Waals surface area contributed by atoms with Gasteiger partial charge < -0.3 is 5.73 Å². The summed E-state index contributed by atoms with van der Waals surface area (Å²) in [5.41, 5.74) is 7.54. The van der Waals surface area contributed by atoms with Crippen LogP contribution in [-0.2, 0) is 4.79 Å². The first-order chi connectivity index (χ1) is 6.77. The summed E-state index contributed by atoms with van der Waals surface area (Å²) in [5.74, 6) is -0.405. The lowest BCUT2D eigenvalue weighted by Crippen LogP contribution is -2.14. The standard InChI is InChI=1S/C10H9N3O/c11-10(14)8-5-9(13-6-8)7-1-3-12-4-2-7/h1-4,6H,5H2,(H2,11,14). The largest absolute Gasteiger partial charge is 0.366 e. The van der Waals surface area contributed by atoms with Crippen LogP contribution in [0.1, 0.15) is 12.0 Å². The molecular formula is C10H9N3O. The number of primary amides is 1. The van der Waals surface area contributed by atoms with Crippen LogP contribution in [0.3, 0.4) is 0 Å². The number of nitrogens with two attached hydrogens (primary N) is 1. The summed E-state index contributed by atoms with van der Waals surface area (Å²) in [6.07, 6.45) is 5.43. The molecule has 0 bridgehead atoms. The molecule has 4 heteroatoms. The van der Waals surface area contributed by atoms with E-state index in [4.69, 9.17) is 5.73 Å². The van der Waals surface area contributed by atoms with E-state index >= 15 is 0 Å². The van der Waals surface area contributed by atoms with Gasteiger partial charge in [-0.15, -0.1) is 0 Å². The van der Waals surface area contributed by atoms with E-state index in [1.165, 1.54) is 6.20 Å². The van der Waals surface area contributed by atoms with Crippen molar-refractivity contribution < 1.29 is 4.79 Å². The molecule has 4 nitrogen and oxygen atoms in total. The summed E-state index contributed by atoms with van der Waals surface area (Å²) in [4.78, 5) is 18.9. The molecule has 1 aliphatic rings. The SMILES string of the molecule is NC(=O)C1=CN=C(c2ccncc2)C1. The Morgan fingerprint density at radius 3 is 2.64 bits per heavy atom. The Morgan fingerprint density at radius 1 is 1.36 bits per heavy atom. The molecule has 0 spiro atoms. The molecule has 0 saturated carbocycles. The summed E-state index contributed by atoms with van der Waals surface area (Å²) in [5, 5.41) is 0. The van der Waals surface area contributed by atoms with Gasteiger partial charge in [0.25, 0.3) is 0 Å². The molecule has 0 unspecified atom stereocenters. The quantitative estimate of drug-likeness (QED) is 0.738. The molecule has 70 valence electrons. The molecule has 1 aromatic heterocycles. The lowest BCUT2D eigenvalue weighted by atomic mass is 10.1. The number of amides is 1. The van der Waals surface area contributed by atoms with Crippen LogP contribution in [0.15, 0.2) is 41.3 Å². The fourth-order valence-electron chi connectivity index (χ4n) is 1.30. The maximum Gasteiger partial charge on any atom is 0.246 e. The van der Waals surface area contributed by atoms with Crippen LogP contribution < -0.4 is 5.73 Å². The number of aliphatic imine (C=N–C) groups is 1. The number of rotatable bonds is 2. The molecule has 2 heterocycles. The molecule has 0 atom stereocenters.